The van der Waals surface area contributed by atoms with Gasteiger partial charge in [0.15, 0.2) is 26.7 Å². The predicted molar refractivity (Wildman–Crippen MR) is 104 cm³/mol. The standard InChI is InChI=1S/C14H23N4.C2F6NO4S2/c1-3-4-5-6-9-16-11-12-17(14(16)2)13-18-10-7-8-15-18;3-1(4,5)14(10,11)9-15(12,13)2(6,7)8/h7-8,10-12H,3-6,9,13H2,1-2H3;/q+1;-1. The van der Waals surface area contributed by atoms with Crippen LogP contribution in [0.3, 0.4) is 0 Å². The number of hydrogen-bond donors (Lipinski definition) is 0. The molecule has 190 valence electrons. The first-order chi connectivity index (χ1) is 15.0. The summed E-state index contributed by atoms with van der Waals surface area (Å²) in [4.78, 5) is 0. The number of hydrogen-bond acceptors (Lipinski definition) is 5. The Morgan fingerprint density at radius 3 is 2.00 bits per heavy atom. The average molecular weight is 528 g/mol. The van der Waals surface area contributed by atoms with Gasteiger partial charge >= 0.3 is 11.0 Å². The molecule has 2 heterocycles. The Balaban J connectivity index is 0.000000337. The van der Waals surface area contributed by atoms with Gasteiger partial charge in [-0.05, 0) is 18.9 Å². The van der Waals surface area contributed by atoms with Crippen molar-refractivity contribution >= 4 is 20.0 Å². The van der Waals surface area contributed by atoms with Crippen molar-refractivity contribution in [3.8, 4) is 0 Å². The molecular weight excluding hydrogens is 504 g/mol. The number of alkyl halides is 6. The smallest absolute Gasteiger partial charge is 0.421 e. The zero-order valence-electron chi connectivity index (χ0n) is 17.6. The lowest BCUT2D eigenvalue weighted by atomic mass is 10.2. The van der Waals surface area contributed by atoms with Crippen LogP contribution in [0.4, 0.5) is 26.3 Å². The van der Waals surface area contributed by atoms with Crippen LogP contribution in [0.5, 0.6) is 0 Å². The Morgan fingerprint density at radius 2 is 1.55 bits per heavy atom. The summed E-state index contributed by atoms with van der Waals surface area (Å²) in [6.07, 6.45) is 13.3. The number of rotatable bonds is 9. The molecule has 17 heteroatoms. The number of halogens is 6. The van der Waals surface area contributed by atoms with Crippen LogP contribution in [0, 0.1) is 6.92 Å². The number of unbranched alkanes of at least 4 members (excludes halogenated alkanes) is 3. The van der Waals surface area contributed by atoms with Crippen LogP contribution in [-0.4, -0.2) is 42.2 Å². The molecule has 0 aliphatic rings. The van der Waals surface area contributed by atoms with E-state index in [4.69, 9.17) is 0 Å². The lowest BCUT2D eigenvalue weighted by molar-refractivity contribution is -0.708. The van der Waals surface area contributed by atoms with Gasteiger partial charge in [0.2, 0.25) is 0 Å². The van der Waals surface area contributed by atoms with Gasteiger partial charge in [0.25, 0.3) is 5.82 Å². The van der Waals surface area contributed by atoms with E-state index in [1.54, 1.807) is 0 Å². The van der Waals surface area contributed by atoms with Crippen LogP contribution in [0.1, 0.15) is 38.4 Å². The third-order valence-electron chi connectivity index (χ3n) is 4.15. The third kappa shape index (κ3) is 8.62. The summed E-state index contributed by atoms with van der Waals surface area (Å²) in [6, 6.07) is 1.96. The Bertz CT molecular complexity index is 1040. The van der Waals surface area contributed by atoms with Gasteiger partial charge in [0.1, 0.15) is 12.4 Å². The number of nitrogens with zero attached hydrogens (tertiary/aromatic N) is 5. The summed E-state index contributed by atoms with van der Waals surface area (Å²) < 4.78 is 116. The molecule has 0 aliphatic heterocycles. The van der Waals surface area contributed by atoms with Crippen LogP contribution in [-0.2, 0) is 33.3 Å². The number of aryl methyl sites for hydroxylation is 1. The molecule has 2 aromatic heterocycles. The maximum absolute atomic E-state index is 11.4. The van der Waals surface area contributed by atoms with Gasteiger partial charge in [-0.1, -0.05) is 19.8 Å². The molecule has 0 bridgehead atoms. The zero-order chi connectivity index (χ0) is 25.5. The minimum absolute atomic E-state index is 0.778. The highest BCUT2D eigenvalue weighted by molar-refractivity contribution is 8.13. The largest absolute Gasteiger partial charge is 0.480 e. The normalized spacial score (nSPS) is 13.0. The molecule has 0 aromatic carbocycles. The highest BCUT2D eigenvalue weighted by Crippen LogP contribution is 2.36. The SMILES string of the molecule is CCCCCCn1cc[n+](Cn2cccn2)c1C.O=S(=O)([N-]S(=O)(=O)C(F)(F)F)C(F)(F)F. The lowest BCUT2D eigenvalue weighted by Gasteiger charge is -2.22. The molecule has 0 radical (unpaired) electrons. The topological polar surface area (TPSA) is 109 Å². The Kier molecular flexibility index (Phi) is 9.92. The van der Waals surface area contributed by atoms with E-state index in [9.17, 15) is 43.2 Å². The molecule has 2 aromatic rings. The monoisotopic (exact) mass is 527 g/mol. The van der Waals surface area contributed by atoms with Crippen LogP contribution in [0.2, 0.25) is 0 Å². The second-order valence-electron chi connectivity index (χ2n) is 6.67. The molecule has 0 unspecified atom stereocenters. The van der Waals surface area contributed by atoms with Gasteiger partial charge in [-0.25, -0.2) is 30.7 Å². The number of imidazole rings is 1. The van der Waals surface area contributed by atoms with Crippen LogP contribution < -0.4 is 4.57 Å². The first-order valence-electron chi connectivity index (χ1n) is 9.41. The molecule has 0 spiro atoms. The fourth-order valence-electron chi connectivity index (χ4n) is 2.39. The summed E-state index contributed by atoms with van der Waals surface area (Å²) in [7, 11) is -13.4. The summed E-state index contributed by atoms with van der Waals surface area (Å²) in [5.41, 5.74) is -12.4. The fraction of sp³-hybridized carbons (Fsp3) is 0.625. The first-order valence-corrected chi connectivity index (χ1v) is 12.3. The molecular formula is C16H23F6N5O4S2. The predicted octanol–water partition coefficient (Wildman–Crippen LogP) is 3.43. The number of aromatic nitrogens is 4. The molecule has 2 rings (SSSR count). The molecule has 0 aliphatic carbocycles. The minimum Gasteiger partial charge on any atom is -0.421 e. The fourth-order valence-corrected chi connectivity index (χ4v) is 4.10. The van der Waals surface area contributed by atoms with E-state index in [1.807, 2.05) is 23.1 Å². The second kappa shape index (κ2) is 11.3. The molecule has 0 saturated carbocycles. The van der Waals surface area contributed by atoms with Gasteiger partial charge < -0.3 is 4.13 Å². The van der Waals surface area contributed by atoms with E-state index in [2.05, 4.69) is 40.5 Å². The van der Waals surface area contributed by atoms with Crippen molar-refractivity contribution in [1.82, 2.24) is 14.3 Å². The van der Waals surface area contributed by atoms with Gasteiger partial charge in [-0.2, -0.15) is 31.4 Å². The van der Waals surface area contributed by atoms with Gasteiger partial charge in [-0.15, -0.1) is 0 Å². The highest BCUT2D eigenvalue weighted by Gasteiger charge is 2.46. The van der Waals surface area contributed by atoms with Crippen LogP contribution in [0.25, 0.3) is 4.13 Å². The van der Waals surface area contributed by atoms with Gasteiger partial charge in [0, 0.05) is 19.3 Å². The van der Waals surface area contributed by atoms with Gasteiger partial charge in [0.05, 0.1) is 6.54 Å². The second-order valence-corrected chi connectivity index (χ2v) is 10.1. The van der Waals surface area contributed by atoms with E-state index in [0.29, 0.717) is 0 Å². The van der Waals surface area contributed by atoms with E-state index < -0.39 is 31.1 Å². The molecule has 9 nitrogen and oxygen atoms in total. The van der Waals surface area contributed by atoms with E-state index in [1.165, 1.54) is 31.5 Å². The quantitative estimate of drug-likeness (QED) is 0.282. The maximum atomic E-state index is 11.4. The molecule has 0 amide bonds. The molecule has 0 N–H and O–H groups in total. The van der Waals surface area contributed by atoms with Crippen molar-refractivity contribution in [1.29, 1.82) is 0 Å². The van der Waals surface area contributed by atoms with Gasteiger partial charge in [-0.3, -0.25) is 0 Å². The van der Waals surface area contributed by atoms with Crippen molar-refractivity contribution in [2.75, 3.05) is 0 Å². The Hall–Kier alpha value is -2.14. The Morgan fingerprint density at radius 1 is 0.970 bits per heavy atom. The molecule has 0 saturated heterocycles. The summed E-state index contributed by atoms with van der Waals surface area (Å²) in [6.45, 7) is 6.33. The van der Waals surface area contributed by atoms with E-state index in [-0.39, 0.29) is 0 Å². The van der Waals surface area contributed by atoms with Crippen molar-refractivity contribution in [3.05, 3.63) is 40.8 Å². The average Bonchev–Trinajstić information content (AvgIpc) is 3.28. The third-order valence-corrected chi connectivity index (χ3v) is 6.89. The lowest BCUT2D eigenvalue weighted by Crippen LogP contribution is -2.39. The zero-order valence-corrected chi connectivity index (χ0v) is 19.2. The molecule has 33 heavy (non-hydrogen) atoms. The minimum atomic E-state index is -6.72. The summed E-state index contributed by atoms with van der Waals surface area (Å²) in [5.74, 6) is 1.29. The molecule has 0 atom stereocenters. The summed E-state index contributed by atoms with van der Waals surface area (Å²) in [5, 5.41) is 4.23. The highest BCUT2D eigenvalue weighted by atomic mass is 32.3. The number of sulfonamides is 2. The summed E-state index contributed by atoms with van der Waals surface area (Å²) >= 11 is 0. The van der Waals surface area contributed by atoms with Crippen LogP contribution >= 0.6 is 0 Å². The van der Waals surface area contributed by atoms with Crippen molar-refractivity contribution < 1.29 is 47.7 Å². The maximum Gasteiger partial charge on any atom is 0.480 e. The van der Waals surface area contributed by atoms with E-state index >= 15 is 0 Å². The van der Waals surface area contributed by atoms with E-state index in [0.717, 1.165) is 17.3 Å². The Labute approximate surface area is 187 Å². The van der Waals surface area contributed by atoms with Crippen LogP contribution in [0.15, 0.2) is 30.9 Å². The van der Waals surface area contributed by atoms with Crippen molar-refractivity contribution in [2.24, 2.45) is 0 Å². The molecule has 0 fully saturated rings. The van der Waals surface area contributed by atoms with Crippen molar-refractivity contribution in [3.63, 3.8) is 0 Å². The first kappa shape index (κ1) is 28.9. The van der Waals surface area contributed by atoms with Crippen molar-refractivity contribution in [2.45, 2.75) is 63.8 Å².